The summed E-state index contributed by atoms with van der Waals surface area (Å²) in [6, 6.07) is 8.04. The van der Waals surface area contributed by atoms with E-state index in [-0.39, 0.29) is 17.2 Å². The van der Waals surface area contributed by atoms with Crippen molar-refractivity contribution in [2.75, 3.05) is 13.1 Å². The van der Waals surface area contributed by atoms with E-state index in [1.54, 1.807) is 0 Å². The number of carbonyl (C=O) groups excluding carboxylic acids is 1. The minimum absolute atomic E-state index is 0.101. The second-order valence-corrected chi connectivity index (χ2v) is 8.65. The molecule has 1 amide bonds. The molecule has 0 atom stereocenters. The van der Waals surface area contributed by atoms with Crippen molar-refractivity contribution in [1.82, 2.24) is 15.1 Å². The topological polar surface area (TPSA) is 59.2 Å². The molecule has 0 spiro atoms. The summed E-state index contributed by atoms with van der Waals surface area (Å²) in [7, 11) is 0. The van der Waals surface area contributed by atoms with Gasteiger partial charge < -0.3 is 9.32 Å². The van der Waals surface area contributed by atoms with Crippen LogP contribution in [0.25, 0.3) is 0 Å². The van der Waals surface area contributed by atoms with E-state index in [1.807, 2.05) is 17.0 Å². The third kappa shape index (κ3) is 3.53. The van der Waals surface area contributed by atoms with Crippen molar-refractivity contribution in [3.63, 3.8) is 0 Å². The molecule has 0 unspecified atom stereocenters. The summed E-state index contributed by atoms with van der Waals surface area (Å²) in [5, 5.41) is 8.43. The molecule has 5 heteroatoms. The summed E-state index contributed by atoms with van der Waals surface area (Å²) in [5.74, 6) is 2.45. The second-order valence-electron chi connectivity index (χ2n) is 8.65. The number of amides is 1. The second kappa shape index (κ2) is 6.53. The van der Waals surface area contributed by atoms with Crippen LogP contribution in [0.15, 0.2) is 28.7 Å². The first kappa shape index (κ1) is 17.3. The zero-order valence-corrected chi connectivity index (χ0v) is 15.9. The Morgan fingerprint density at radius 3 is 2.00 bits per heavy atom. The fourth-order valence-electron chi connectivity index (χ4n) is 3.53. The fraction of sp³-hybridized carbons (Fsp3) is 0.571. The number of nitrogens with zero attached hydrogens (tertiary/aromatic N) is 3. The molecule has 0 N–H and O–H groups in total. The van der Waals surface area contributed by atoms with Crippen LogP contribution in [0.3, 0.4) is 0 Å². The summed E-state index contributed by atoms with van der Waals surface area (Å²) in [6.07, 6.45) is 4.11. The lowest BCUT2D eigenvalue weighted by Gasteiger charge is -2.30. The SMILES string of the molecule is CC(C)(C)c1ccc(C(=O)N2CCC(c3nnc(C4CC4)o3)CC2)cc1. The van der Waals surface area contributed by atoms with Crippen LogP contribution in [0, 0.1) is 0 Å². The van der Waals surface area contributed by atoms with Gasteiger partial charge >= 0.3 is 0 Å². The highest BCUT2D eigenvalue weighted by Crippen LogP contribution is 2.40. The molecule has 1 aromatic heterocycles. The van der Waals surface area contributed by atoms with Gasteiger partial charge in [-0.2, -0.15) is 0 Å². The molecule has 2 aromatic rings. The Morgan fingerprint density at radius 1 is 0.962 bits per heavy atom. The van der Waals surface area contributed by atoms with Gasteiger partial charge in [-0.15, -0.1) is 10.2 Å². The molecule has 2 aliphatic rings. The summed E-state index contributed by atoms with van der Waals surface area (Å²) < 4.78 is 5.85. The number of hydrogen-bond donors (Lipinski definition) is 0. The molecular formula is C21H27N3O2. The zero-order chi connectivity index (χ0) is 18.3. The normalized spacial score (nSPS) is 19.0. The first-order valence-electron chi connectivity index (χ1n) is 9.65. The van der Waals surface area contributed by atoms with Gasteiger partial charge in [0.15, 0.2) is 0 Å². The molecule has 1 aliphatic heterocycles. The molecule has 1 aliphatic carbocycles. The van der Waals surface area contributed by atoms with Crippen molar-refractivity contribution >= 4 is 5.91 Å². The van der Waals surface area contributed by atoms with E-state index in [4.69, 9.17) is 4.42 Å². The molecule has 26 heavy (non-hydrogen) atoms. The third-order valence-corrected chi connectivity index (χ3v) is 5.51. The van der Waals surface area contributed by atoms with Crippen LogP contribution in [-0.2, 0) is 5.41 Å². The Hall–Kier alpha value is -2.17. The van der Waals surface area contributed by atoms with E-state index in [2.05, 4.69) is 43.1 Å². The first-order valence-corrected chi connectivity index (χ1v) is 9.65. The van der Waals surface area contributed by atoms with E-state index in [0.717, 1.165) is 43.3 Å². The van der Waals surface area contributed by atoms with E-state index >= 15 is 0 Å². The van der Waals surface area contributed by atoms with Gasteiger partial charge in [-0.25, -0.2) is 0 Å². The summed E-state index contributed by atoms with van der Waals surface area (Å²) in [6.45, 7) is 8.03. The van der Waals surface area contributed by atoms with Crippen LogP contribution in [-0.4, -0.2) is 34.1 Å². The van der Waals surface area contributed by atoms with Gasteiger partial charge in [-0.3, -0.25) is 4.79 Å². The fourth-order valence-corrected chi connectivity index (χ4v) is 3.53. The molecule has 4 rings (SSSR count). The van der Waals surface area contributed by atoms with Crippen molar-refractivity contribution in [3.8, 4) is 0 Å². The number of carbonyl (C=O) groups is 1. The van der Waals surface area contributed by atoms with Crippen LogP contribution >= 0.6 is 0 Å². The Kier molecular flexibility index (Phi) is 4.33. The number of piperidine rings is 1. The number of hydrogen-bond acceptors (Lipinski definition) is 4. The Morgan fingerprint density at radius 2 is 1.50 bits per heavy atom. The van der Waals surface area contributed by atoms with Gasteiger partial charge in [0, 0.05) is 30.5 Å². The van der Waals surface area contributed by atoms with Gasteiger partial charge in [0.25, 0.3) is 5.91 Å². The lowest BCUT2D eigenvalue weighted by molar-refractivity contribution is 0.0706. The number of benzene rings is 1. The Labute approximate surface area is 154 Å². The van der Waals surface area contributed by atoms with Crippen LogP contribution in [0.5, 0.6) is 0 Å². The average Bonchev–Trinajstić information content (AvgIpc) is 3.38. The summed E-state index contributed by atoms with van der Waals surface area (Å²) in [4.78, 5) is 14.7. The van der Waals surface area contributed by atoms with E-state index in [9.17, 15) is 4.79 Å². The van der Waals surface area contributed by atoms with Crippen molar-refractivity contribution in [1.29, 1.82) is 0 Å². The molecule has 2 fully saturated rings. The lowest BCUT2D eigenvalue weighted by Crippen LogP contribution is -2.38. The van der Waals surface area contributed by atoms with Gasteiger partial charge in [0.05, 0.1) is 0 Å². The third-order valence-electron chi connectivity index (χ3n) is 5.51. The molecule has 138 valence electrons. The molecule has 1 aromatic carbocycles. The monoisotopic (exact) mass is 353 g/mol. The van der Waals surface area contributed by atoms with Gasteiger partial charge in [-0.05, 0) is 48.8 Å². The largest absolute Gasteiger partial charge is 0.425 e. The highest BCUT2D eigenvalue weighted by atomic mass is 16.4. The van der Waals surface area contributed by atoms with Crippen molar-refractivity contribution in [2.45, 2.75) is 63.7 Å². The standard InChI is InChI=1S/C21H27N3O2/c1-21(2,3)17-8-6-16(7-9-17)20(25)24-12-10-15(11-13-24)19-23-22-18(26-19)14-4-5-14/h6-9,14-15H,4-5,10-13H2,1-3H3. The molecular weight excluding hydrogens is 326 g/mol. The molecule has 5 nitrogen and oxygen atoms in total. The Balaban J connectivity index is 1.37. The average molecular weight is 353 g/mol. The maximum Gasteiger partial charge on any atom is 0.253 e. The summed E-state index contributed by atoms with van der Waals surface area (Å²) in [5.41, 5.74) is 2.12. The van der Waals surface area contributed by atoms with Crippen LogP contribution in [0.2, 0.25) is 0 Å². The highest BCUT2D eigenvalue weighted by Gasteiger charge is 2.32. The molecule has 2 heterocycles. The molecule has 0 bridgehead atoms. The molecule has 1 saturated carbocycles. The Bertz CT molecular complexity index is 776. The molecule has 0 radical (unpaired) electrons. The minimum atomic E-state index is 0.101. The van der Waals surface area contributed by atoms with E-state index in [1.165, 1.54) is 18.4 Å². The predicted molar refractivity (Wildman–Crippen MR) is 99.3 cm³/mol. The maximum absolute atomic E-state index is 12.8. The quantitative estimate of drug-likeness (QED) is 0.827. The number of likely N-dealkylation sites (tertiary alicyclic amines) is 1. The van der Waals surface area contributed by atoms with E-state index in [0.29, 0.717) is 5.92 Å². The van der Waals surface area contributed by atoms with Gasteiger partial charge in [-0.1, -0.05) is 32.9 Å². The smallest absolute Gasteiger partial charge is 0.253 e. The maximum atomic E-state index is 12.8. The van der Waals surface area contributed by atoms with Crippen LogP contribution in [0.4, 0.5) is 0 Å². The lowest BCUT2D eigenvalue weighted by atomic mass is 9.86. The first-order chi connectivity index (χ1) is 12.4. The zero-order valence-electron chi connectivity index (χ0n) is 15.9. The predicted octanol–water partition coefficient (Wildman–Crippen LogP) is 4.26. The highest BCUT2D eigenvalue weighted by molar-refractivity contribution is 5.94. The van der Waals surface area contributed by atoms with Crippen molar-refractivity contribution in [2.24, 2.45) is 0 Å². The van der Waals surface area contributed by atoms with Crippen molar-refractivity contribution < 1.29 is 9.21 Å². The molecule has 1 saturated heterocycles. The van der Waals surface area contributed by atoms with Gasteiger partial charge in [0.2, 0.25) is 11.8 Å². The van der Waals surface area contributed by atoms with Crippen molar-refractivity contribution in [3.05, 3.63) is 47.2 Å². The number of rotatable bonds is 3. The summed E-state index contributed by atoms with van der Waals surface area (Å²) >= 11 is 0. The minimum Gasteiger partial charge on any atom is -0.425 e. The van der Waals surface area contributed by atoms with Crippen LogP contribution in [0.1, 0.15) is 86.0 Å². The van der Waals surface area contributed by atoms with Gasteiger partial charge in [0.1, 0.15) is 0 Å². The van der Waals surface area contributed by atoms with E-state index < -0.39 is 0 Å². The number of aromatic nitrogens is 2. The van der Waals surface area contributed by atoms with Crippen LogP contribution < -0.4 is 0 Å².